The summed E-state index contributed by atoms with van der Waals surface area (Å²) in [5.41, 5.74) is 0.640. The summed E-state index contributed by atoms with van der Waals surface area (Å²) in [7, 11) is 0. The van der Waals surface area contributed by atoms with Crippen molar-refractivity contribution in [3.63, 3.8) is 0 Å². The van der Waals surface area contributed by atoms with Gasteiger partial charge in [-0.1, -0.05) is 12.1 Å². The van der Waals surface area contributed by atoms with Crippen molar-refractivity contribution < 1.29 is 14.3 Å². The fourth-order valence-electron chi connectivity index (χ4n) is 1.98. The Balaban J connectivity index is 1.49. The van der Waals surface area contributed by atoms with Crippen LogP contribution in [-0.4, -0.2) is 30.3 Å². The molecule has 1 aliphatic heterocycles. The van der Waals surface area contributed by atoms with Crippen LogP contribution in [0.2, 0.25) is 0 Å². The van der Waals surface area contributed by atoms with Crippen LogP contribution in [0.3, 0.4) is 0 Å². The zero-order valence-electron chi connectivity index (χ0n) is 11.3. The molecule has 2 aromatic rings. The van der Waals surface area contributed by atoms with Crippen LogP contribution in [-0.2, 0) is 0 Å². The molecule has 21 heavy (non-hydrogen) atoms. The van der Waals surface area contributed by atoms with E-state index in [1.165, 1.54) is 0 Å². The Bertz CT molecular complexity index is 619. The van der Waals surface area contributed by atoms with Crippen molar-refractivity contribution in [1.29, 1.82) is 0 Å². The second-order valence-corrected chi connectivity index (χ2v) is 4.57. The van der Waals surface area contributed by atoms with Gasteiger partial charge in [0, 0.05) is 6.20 Å². The number of fused-ring (bicyclic) bond motifs is 1. The molecule has 2 heterocycles. The first kappa shape index (κ1) is 13.2. The van der Waals surface area contributed by atoms with Crippen LogP contribution in [0, 0.1) is 0 Å². The third-order valence-electron chi connectivity index (χ3n) is 2.98. The predicted octanol–water partition coefficient (Wildman–Crippen LogP) is 2.04. The highest BCUT2D eigenvalue weighted by atomic mass is 16.6. The summed E-state index contributed by atoms with van der Waals surface area (Å²) in [4.78, 5) is 15.7. The van der Waals surface area contributed by atoms with Crippen molar-refractivity contribution in [2.24, 2.45) is 0 Å². The number of carbonyl (C=O) groups is 1. The number of aromatic nitrogens is 1. The maximum absolute atomic E-state index is 11.8. The van der Waals surface area contributed by atoms with Crippen molar-refractivity contribution in [2.45, 2.75) is 6.10 Å². The molecule has 0 spiro atoms. The fourth-order valence-corrected chi connectivity index (χ4v) is 1.98. The number of para-hydroxylation sites is 2. The highest BCUT2D eigenvalue weighted by molar-refractivity contribution is 5.88. The SMILES string of the molecule is O=C(NC[C@@H]1COc2ccccc2O1)Nc1cccnc1. The highest BCUT2D eigenvalue weighted by Gasteiger charge is 2.20. The average Bonchev–Trinajstić information content (AvgIpc) is 2.54. The van der Waals surface area contributed by atoms with E-state index >= 15 is 0 Å². The zero-order chi connectivity index (χ0) is 14.5. The van der Waals surface area contributed by atoms with Gasteiger partial charge in [-0.3, -0.25) is 4.98 Å². The lowest BCUT2D eigenvalue weighted by Gasteiger charge is -2.26. The number of rotatable bonds is 3. The molecule has 1 aliphatic rings. The summed E-state index contributed by atoms with van der Waals surface area (Å²) in [6.07, 6.45) is 3.02. The molecular formula is C15H15N3O3. The van der Waals surface area contributed by atoms with E-state index in [0.29, 0.717) is 24.6 Å². The number of hydrogen-bond acceptors (Lipinski definition) is 4. The molecule has 6 heteroatoms. The van der Waals surface area contributed by atoms with Gasteiger partial charge in [-0.2, -0.15) is 0 Å². The molecule has 2 N–H and O–H groups in total. The minimum atomic E-state index is -0.301. The van der Waals surface area contributed by atoms with Crippen LogP contribution in [0.25, 0.3) is 0 Å². The Kier molecular flexibility index (Phi) is 3.86. The van der Waals surface area contributed by atoms with Crippen LogP contribution in [0.4, 0.5) is 10.5 Å². The predicted molar refractivity (Wildman–Crippen MR) is 77.6 cm³/mol. The van der Waals surface area contributed by atoms with Crippen molar-refractivity contribution >= 4 is 11.7 Å². The first-order chi connectivity index (χ1) is 10.3. The number of hydrogen-bond donors (Lipinski definition) is 2. The molecule has 0 fully saturated rings. The third-order valence-corrected chi connectivity index (χ3v) is 2.98. The Hall–Kier alpha value is -2.76. The molecule has 1 atom stereocenters. The fraction of sp³-hybridized carbons (Fsp3) is 0.200. The van der Waals surface area contributed by atoms with Gasteiger partial charge in [-0.15, -0.1) is 0 Å². The summed E-state index contributed by atoms with van der Waals surface area (Å²) < 4.78 is 11.3. The van der Waals surface area contributed by atoms with Crippen LogP contribution in [0.1, 0.15) is 0 Å². The smallest absolute Gasteiger partial charge is 0.319 e. The van der Waals surface area contributed by atoms with Gasteiger partial charge in [0.2, 0.25) is 0 Å². The molecule has 0 saturated carbocycles. The van der Waals surface area contributed by atoms with E-state index in [1.54, 1.807) is 24.5 Å². The lowest BCUT2D eigenvalue weighted by Crippen LogP contribution is -2.42. The van der Waals surface area contributed by atoms with Gasteiger partial charge in [-0.05, 0) is 24.3 Å². The van der Waals surface area contributed by atoms with E-state index in [-0.39, 0.29) is 12.1 Å². The number of anilines is 1. The Morgan fingerprint density at radius 1 is 1.24 bits per heavy atom. The number of pyridine rings is 1. The topological polar surface area (TPSA) is 72.5 Å². The van der Waals surface area contributed by atoms with Crippen LogP contribution in [0.15, 0.2) is 48.8 Å². The van der Waals surface area contributed by atoms with E-state index in [0.717, 1.165) is 5.75 Å². The van der Waals surface area contributed by atoms with E-state index < -0.39 is 0 Å². The van der Waals surface area contributed by atoms with Crippen molar-refractivity contribution in [2.75, 3.05) is 18.5 Å². The van der Waals surface area contributed by atoms with Crippen molar-refractivity contribution in [1.82, 2.24) is 10.3 Å². The number of amides is 2. The largest absolute Gasteiger partial charge is 0.486 e. The summed E-state index contributed by atoms with van der Waals surface area (Å²) in [5, 5.41) is 5.44. The molecule has 0 unspecified atom stereocenters. The maximum Gasteiger partial charge on any atom is 0.319 e. The number of benzene rings is 1. The summed E-state index contributed by atoms with van der Waals surface area (Å²) in [6, 6.07) is 10.7. The maximum atomic E-state index is 11.8. The second kappa shape index (κ2) is 6.13. The number of urea groups is 1. The number of carbonyl (C=O) groups excluding carboxylic acids is 1. The zero-order valence-corrected chi connectivity index (χ0v) is 11.3. The van der Waals surface area contributed by atoms with E-state index in [2.05, 4.69) is 15.6 Å². The monoisotopic (exact) mass is 285 g/mol. The summed E-state index contributed by atoms with van der Waals surface area (Å²) in [5.74, 6) is 1.43. The van der Waals surface area contributed by atoms with Crippen molar-refractivity contribution in [3.05, 3.63) is 48.8 Å². The molecular weight excluding hydrogens is 270 g/mol. The number of ether oxygens (including phenoxy) is 2. The normalized spacial score (nSPS) is 16.1. The molecule has 6 nitrogen and oxygen atoms in total. The van der Waals surface area contributed by atoms with Crippen molar-refractivity contribution in [3.8, 4) is 11.5 Å². The quantitative estimate of drug-likeness (QED) is 0.905. The minimum Gasteiger partial charge on any atom is -0.486 e. The van der Waals surface area contributed by atoms with Crippen LogP contribution in [0.5, 0.6) is 11.5 Å². The van der Waals surface area contributed by atoms with Gasteiger partial charge < -0.3 is 20.1 Å². The lowest BCUT2D eigenvalue weighted by atomic mass is 10.2. The highest BCUT2D eigenvalue weighted by Crippen LogP contribution is 2.30. The Morgan fingerprint density at radius 3 is 2.90 bits per heavy atom. The molecule has 3 rings (SSSR count). The molecule has 1 aromatic carbocycles. The first-order valence-electron chi connectivity index (χ1n) is 6.64. The van der Waals surface area contributed by atoms with E-state index in [4.69, 9.17) is 9.47 Å². The van der Waals surface area contributed by atoms with Gasteiger partial charge >= 0.3 is 6.03 Å². The molecule has 2 amide bonds. The Morgan fingerprint density at radius 2 is 2.10 bits per heavy atom. The van der Waals surface area contributed by atoms with Gasteiger partial charge in [0.1, 0.15) is 6.61 Å². The first-order valence-corrected chi connectivity index (χ1v) is 6.64. The third kappa shape index (κ3) is 3.42. The lowest BCUT2D eigenvalue weighted by molar-refractivity contribution is 0.0922. The summed E-state index contributed by atoms with van der Waals surface area (Å²) >= 11 is 0. The van der Waals surface area contributed by atoms with Gasteiger partial charge in [0.15, 0.2) is 17.6 Å². The molecule has 0 radical (unpaired) electrons. The average molecular weight is 285 g/mol. The molecule has 108 valence electrons. The standard InChI is InChI=1S/C15H15N3O3/c19-15(18-11-4-3-7-16-8-11)17-9-12-10-20-13-5-1-2-6-14(13)21-12/h1-8,12H,9-10H2,(H2,17,18,19)/t12-/m1/s1. The van der Waals surface area contributed by atoms with Gasteiger partial charge in [0.05, 0.1) is 18.4 Å². The molecule has 1 aromatic heterocycles. The number of nitrogens with zero attached hydrogens (tertiary/aromatic N) is 1. The van der Waals surface area contributed by atoms with Crippen LogP contribution < -0.4 is 20.1 Å². The Labute approximate surface area is 122 Å². The molecule has 0 aliphatic carbocycles. The van der Waals surface area contributed by atoms with Gasteiger partial charge in [-0.25, -0.2) is 4.79 Å². The van der Waals surface area contributed by atoms with E-state index in [1.807, 2.05) is 24.3 Å². The molecule has 0 saturated heterocycles. The van der Waals surface area contributed by atoms with E-state index in [9.17, 15) is 4.79 Å². The second-order valence-electron chi connectivity index (χ2n) is 4.57. The van der Waals surface area contributed by atoms with Gasteiger partial charge in [0.25, 0.3) is 0 Å². The molecule has 0 bridgehead atoms. The minimum absolute atomic E-state index is 0.209. The van der Waals surface area contributed by atoms with Crippen LogP contribution >= 0.6 is 0 Å². The number of nitrogens with one attached hydrogen (secondary N) is 2. The summed E-state index contributed by atoms with van der Waals surface area (Å²) in [6.45, 7) is 0.768.